The lowest BCUT2D eigenvalue weighted by Crippen LogP contribution is -2.72. The molecule has 0 bridgehead atoms. The summed E-state index contributed by atoms with van der Waals surface area (Å²) in [5.41, 5.74) is -0.747. The molecule has 2 aromatic rings. The summed E-state index contributed by atoms with van der Waals surface area (Å²) in [5, 5.41) is 10.5. The van der Waals surface area contributed by atoms with Gasteiger partial charge in [0.15, 0.2) is 9.84 Å². The average Bonchev–Trinajstić information content (AvgIpc) is 3.63. The molecule has 3 fully saturated rings. The number of ether oxygens (including phenoxy) is 2. The number of halogens is 2. The Labute approximate surface area is 198 Å². The van der Waals surface area contributed by atoms with Crippen molar-refractivity contribution in [2.45, 2.75) is 54.7 Å². The first-order chi connectivity index (χ1) is 16.0. The van der Waals surface area contributed by atoms with E-state index in [4.69, 9.17) is 14.9 Å². The molecule has 1 aliphatic carbocycles. The number of rotatable bonds is 5. The van der Waals surface area contributed by atoms with Gasteiger partial charge in [0.2, 0.25) is 0 Å². The maximum atomic E-state index is 15.3. The molecule has 0 spiro atoms. The van der Waals surface area contributed by atoms with Crippen LogP contribution in [0.3, 0.4) is 0 Å². The molecule has 0 unspecified atom stereocenters. The smallest absolute Gasteiger partial charge is 0.168 e. The van der Waals surface area contributed by atoms with E-state index in [1.165, 1.54) is 44.2 Å². The van der Waals surface area contributed by atoms with Gasteiger partial charge in [-0.05, 0) is 74.9 Å². The van der Waals surface area contributed by atoms with Crippen molar-refractivity contribution in [1.82, 2.24) is 5.32 Å². The number of amidine groups is 1. The number of fused-ring (bicyclic) bond motifs is 1. The molecule has 3 aliphatic rings. The van der Waals surface area contributed by atoms with E-state index in [1.54, 1.807) is 12.1 Å². The molecule has 34 heavy (non-hydrogen) atoms. The number of hydrogen-bond acceptors (Lipinski definition) is 5. The molecular formula is C25H28F2N2O4S. The van der Waals surface area contributed by atoms with Crippen molar-refractivity contribution in [3.05, 3.63) is 65.2 Å². The minimum atomic E-state index is -3.96. The monoisotopic (exact) mass is 490 g/mol. The van der Waals surface area contributed by atoms with Crippen molar-refractivity contribution in [1.29, 1.82) is 5.41 Å². The van der Waals surface area contributed by atoms with Crippen LogP contribution < -0.4 is 10.1 Å². The summed E-state index contributed by atoms with van der Waals surface area (Å²) < 4.78 is 66.9. The fourth-order valence-electron chi connectivity index (χ4n) is 4.83. The Morgan fingerprint density at radius 2 is 1.85 bits per heavy atom. The Morgan fingerprint density at radius 3 is 2.53 bits per heavy atom. The molecular weight excluding hydrogens is 462 g/mol. The normalized spacial score (nSPS) is 29.7. The first kappa shape index (κ1) is 23.2. The van der Waals surface area contributed by atoms with Crippen LogP contribution >= 0.6 is 0 Å². The van der Waals surface area contributed by atoms with Gasteiger partial charge in [0.1, 0.15) is 33.5 Å². The molecule has 0 aromatic heterocycles. The number of hydrogen-bond donors (Lipinski definition) is 2. The molecule has 2 saturated heterocycles. The lowest BCUT2D eigenvalue weighted by molar-refractivity contribution is -0.0383. The molecule has 6 nitrogen and oxygen atoms in total. The Morgan fingerprint density at radius 1 is 1.15 bits per heavy atom. The third-order valence-electron chi connectivity index (χ3n) is 7.37. The highest BCUT2D eigenvalue weighted by Gasteiger charge is 2.62. The quantitative estimate of drug-likeness (QED) is 0.654. The van der Waals surface area contributed by atoms with Crippen LogP contribution in [-0.2, 0) is 20.1 Å². The summed E-state index contributed by atoms with van der Waals surface area (Å²) in [6.45, 7) is 3.31. The Balaban J connectivity index is 1.58. The summed E-state index contributed by atoms with van der Waals surface area (Å²) in [6, 6.07) is 10.1. The first-order valence-electron chi connectivity index (χ1n) is 11.4. The van der Waals surface area contributed by atoms with E-state index in [9.17, 15) is 12.8 Å². The summed E-state index contributed by atoms with van der Waals surface area (Å²) >= 11 is 0. The predicted molar refractivity (Wildman–Crippen MR) is 124 cm³/mol. The zero-order chi connectivity index (χ0) is 24.3. The van der Waals surface area contributed by atoms with Crippen LogP contribution in [-0.4, -0.2) is 37.5 Å². The minimum absolute atomic E-state index is 0.0320. The third kappa shape index (κ3) is 3.69. The maximum absolute atomic E-state index is 15.3. The van der Waals surface area contributed by atoms with Gasteiger partial charge in [-0.1, -0.05) is 12.1 Å². The highest BCUT2D eigenvalue weighted by molar-refractivity contribution is 7.94. The second-order valence-electron chi connectivity index (χ2n) is 10.00. The van der Waals surface area contributed by atoms with E-state index in [0.717, 1.165) is 12.8 Å². The number of sulfone groups is 1. The maximum Gasteiger partial charge on any atom is 0.168 e. The summed E-state index contributed by atoms with van der Waals surface area (Å²) in [4.78, 5) is 0. The molecule has 2 aliphatic heterocycles. The molecule has 3 atom stereocenters. The van der Waals surface area contributed by atoms with Gasteiger partial charge in [0.25, 0.3) is 0 Å². The van der Waals surface area contributed by atoms with Crippen molar-refractivity contribution in [2.75, 3.05) is 13.2 Å². The van der Waals surface area contributed by atoms with Crippen LogP contribution in [0.4, 0.5) is 8.78 Å². The van der Waals surface area contributed by atoms with Gasteiger partial charge in [-0.2, -0.15) is 0 Å². The van der Waals surface area contributed by atoms with Crippen LogP contribution in [0.15, 0.2) is 42.5 Å². The predicted octanol–water partition coefficient (Wildman–Crippen LogP) is 4.25. The molecule has 9 heteroatoms. The van der Waals surface area contributed by atoms with E-state index in [0.29, 0.717) is 23.8 Å². The summed E-state index contributed by atoms with van der Waals surface area (Å²) in [7, 11) is -3.96. The lowest BCUT2D eigenvalue weighted by Gasteiger charge is -2.53. The molecule has 2 heterocycles. The molecule has 2 N–H and O–H groups in total. The largest absolute Gasteiger partial charge is 0.493 e. The van der Waals surface area contributed by atoms with Crippen LogP contribution in [0.2, 0.25) is 0 Å². The minimum Gasteiger partial charge on any atom is -0.493 e. The van der Waals surface area contributed by atoms with E-state index in [-0.39, 0.29) is 24.4 Å². The second-order valence-corrected chi connectivity index (χ2v) is 12.7. The lowest BCUT2D eigenvalue weighted by atomic mass is 9.80. The van der Waals surface area contributed by atoms with Crippen LogP contribution in [0.25, 0.3) is 0 Å². The van der Waals surface area contributed by atoms with E-state index in [2.05, 4.69) is 5.32 Å². The van der Waals surface area contributed by atoms with Crippen molar-refractivity contribution in [3.8, 4) is 5.75 Å². The summed E-state index contributed by atoms with van der Waals surface area (Å²) in [6.07, 6.45) is 1.62. The van der Waals surface area contributed by atoms with E-state index >= 15 is 4.39 Å². The second kappa shape index (κ2) is 8.02. The number of nitrogens with one attached hydrogen (secondary N) is 2. The van der Waals surface area contributed by atoms with Gasteiger partial charge >= 0.3 is 0 Å². The van der Waals surface area contributed by atoms with Crippen LogP contribution in [0.5, 0.6) is 5.75 Å². The molecule has 2 aromatic carbocycles. The fourth-order valence-corrected chi connectivity index (χ4v) is 7.09. The molecule has 0 radical (unpaired) electrons. The zero-order valence-corrected chi connectivity index (χ0v) is 19.9. The van der Waals surface area contributed by atoms with Crippen molar-refractivity contribution >= 4 is 15.7 Å². The molecule has 0 amide bonds. The highest BCUT2D eigenvalue weighted by atomic mass is 32.2. The first-order valence-corrected chi connectivity index (χ1v) is 13.0. The van der Waals surface area contributed by atoms with Gasteiger partial charge < -0.3 is 14.8 Å². The van der Waals surface area contributed by atoms with Crippen molar-refractivity contribution in [2.24, 2.45) is 5.92 Å². The van der Waals surface area contributed by atoms with Crippen LogP contribution in [0, 0.1) is 23.0 Å². The Hall–Kier alpha value is -2.52. The summed E-state index contributed by atoms with van der Waals surface area (Å²) in [5.74, 6) is -0.261. The van der Waals surface area contributed by atoms with Gasteiger partial charge in [-0.25, -0.2) is 17.2 Å². The Bertz CT molecular complexity index is 1230. The highest BCUT2D eigenvalue weighted by Crippen LogP contribution is 2.49. The zero-order valence-electron chi connectivity index (χ0n) is 19.1. The Kier molecular flexibility index (Phi) is 5.48. The van der Waals surface area contributed by atoms with Gasteiger partial charge in [0, 0.05) is 5.56 Å². The average molecular weight is 491 g/mol. The molecule has 5 rings (SSSR count). The third-order valence-corrected chi connectivity index (χ3v) is 10.3. The van der Waals surface area contributed by atoms with Gasteiger partial charge in [-0.3, -0.25) is 5.41 Å². The topological polar surface area (TPSA) is 88.5 Å². The van der Waals surface area contributed by atoms with Crippen molar-refractivity contribution < 1.29 is 26.7 Å². The van der Waals surface area contributed by atoms with E-state index < -0.39 is 43.1 Å². The molecule has 1 saturated carbocycles. The number of benzene rings is 2. The van der Waals surface area contributed by atoms with Gasteiger partial charge in [0.05, 0.1) is 24.6 Å². The van der Waals surface area contributed by atoms with Crippen LogP contribution in [0.1, 0.15) is 50.3 Å². The SMILES string of the molecule is CC1(C)C(=N)N[C@@]2(c3cc(OCC4CC4)ccc3F)CO[C@@H](c3ccc(F)cc3)C[C@H]2S1(=O)=O. The standard InChI is InChI=1S/C25H28F2N2O4S/c1-24(2)23(28)29-25(19-11-18(9-10-20(19)27)32-13-15-3-4-15)14-33-21(12-22(25)34(24,30)31)16-5-7-17(26)8-6-16/h5-11,15,21-22H,3-4,12-14H2,1-2H3,(H2,28,29)/t21-,22-,25-/m1/s1. The van der Waals surface area contributed by atoms with Crippen molar-refractivity contribution in [3.63, 3.8) is 0 Å². The molecule has 182 valence electrons. The fraction of sp³-hybridized carbons (Fsp3) is 0.480. The van der Waals surface area contributed by atoms with E-state index in [1.807, 2.05) is 0 Å². The van der Waals surface area contributed by atoms with Gasteiger partial charge in [-0.15, -0.1) is 0 Å².